The lowest BCUT2D eigenvalue weighted by molar-refractivity contribution is -0.115. The van der Waals surface area contributed by atoms with Crippen molar-refractivity contribution in [2.45, 2.75) is 27.2 Å². The van der Waals surface area contributed by atoms with Crippen molar-refractivity contribution < 1.29 is 4.79 Å². The van der Waals surface area contributed by atoms with Gasteiger partial charge < -0.3 is 5.32 Å². The van der Waals surface area contributed by atoms with Gasteiger partial charge in [0, 0.05) is 10.7 Å². The molecule has 0 atom stereocenters. The van der Waals surface area contributed by atoms with E-state index in [0.29, 0.717) is 11.4 Å². The van der Waals surface area contributed by atoms with Gasteiger partial charge in [0.2, 0.25) is 5.91 Å². The minimum Gasteiger partial charge on any atom is -0.326 e. The van der Waals surface area contributed by atoms with Crippen molar-refractivity contribution in [3.8, 4) is 0 Å². The summed E-state index contributed by atoms with van der Waals surface area (Å²) in [5.74, 6) is -0.0307. The van der Waals surface area contributed by atoms with E-state index in [2.05, 4.69) is 11.4 Å². The van der Waals surface area contributed by atoms with Crippen LogP contribution in [0.3, 0.4) is 0 Å². The first-order valence-corrected chi connectivity index (χ1v) is 6.95. The number of nitrogens with one attached hydrogen (secondary N) is 1. The molecule has 20 heavy (non-hydrogen) atoms. The van der Waals surface area contributed by atoms with Crippen LogP contribution in [0.5, 0.6) is 0 Å². The molecule has 0 saturated carbocycles. The molecule has 0 spiro atoms. The van der Waals surface area contributed by atoms with Gasteiger partial charge in [-0.15, -0.1) is 0 Å². The van der Waals surface area contributed by atoms with Gasteiger partial charge in [0.15, 0.2) is 0 Å². The smallest absolute Gasteiger partial charge is 0.228 e. The number of carbonyl (C=O) groups excluding carboxylic acids is 1. The molecule has 1 N–H and O–H groups in total. The standard InChI is InChI=1S/C17H18ClNO/c1-11-4-6-14(13(3)8-11)9-17(20)19-15-7-5-12(2)16(18)10-15/h4-8,10H,9H2,1-3H3,(H,19,20). The SMILES string of the molecule is Cc1ccc(CC(=O)Nc2ccc(C)c(Cl)c2)c(C)c1. The highest BCUT2D eigenvalue weighted by atomic mass is 35.5. The Balaban J connectivity index is 2.07. The van der Waals surface area contributed by atoms with Crippen molar-refractivity contribution >= 4 is 23.2 Å². The fourth-order valence-corrected chi connectivity index (χ4v) is 2.27. The zero-order valence-electron chi connectivity index (χ0n) is 12.0. The lowest BCUT2D eigenvalue weighted by Crippen LogP contribution is -2.15. The molecule has 0 aliphatic rings. The second-order valence-electron chi connectivity index (χ2n) is 5.12. The molecule has 0 saturated heterocycles. The normalized spacial score (nSPS) is 10.4. The molecular formula is C17H18ClNO. The summed E-state index contributed by atoms with van der Waals surface area (Å²) in [4.78, 5) is 12.1. The molecule has 0 aromatic heterocycles. The van der Waals surface area contributed by atoms with E-state index in [1.54, 1.807) is 6.07 Å². The van der Waals surface area contributed by atoms with Crippen LogP contribution in [-0.4, -0.2) is 5.91 Å². The summed E-state index contributed by atoms with van der Waals surface area (Å²) in [6, 6.07) is 11.7. The van der Waals surface area contributed by atoms with Crippen LogP contribution in [0, 0.1) is 20.8 Å². The van der Waals surface area contributed by atoms with E-state index < -0.39 is 0 Å². The monoisotopic (exact) mass is 287 g/mol. The molecule has 2 rings (SSSR count). The molecule has 0 heterocycles. The first-order chi connectivity index (χ1) is 9.45. The molecule has 0 bridgehead atoms. The zero-order chi connectivity index (χ0) is 14.7. The number of halogens is 1. The van der Waals surface area contributed by atoms with E-state index in [4.69, 9.17) is 11.6 Å². The van der Waals surface area contributed by atoms with Gasteiger partial charge in [0.25, 0.3) is 0 Å². The molecule has 0 unspecified atom stereocenters. The van der Waals surface area contributed by atoms with Gasteiger partial charge in [0.05, 0.1) is 6.42 Å². The van der Waals surface area contributed by atoms with Crippen LogP contribution >= 0.6 is 11.6 Å². The predicted molar refractivity (Wildman–Crippen MR) is 84.4 cm³/mol. The Morgan fingerprint density at radius 3 is 2.45 bits per heavy atom. The molecule has 0 fully saturated rings. The Hall–Kier alpha value is -1.80. The summed E-state index contributed by atoms with van der Waals surface area (Å²) in [7, 11) is 0. The lowest BCUT2D eigenvalue weighted by atomic mass is 10.0. The number of hydrogen-bond donors (Lipinski definition) is 1. The molecule has 2 aromatic carbocycles. The van der Waals surface area contributed by atoms with Gasteiger partial charge in [-0.2, -0.15) is 0 Å². The van der Waals surface area contributed by atoms with E-state index in [0.717, 1.165) is 22.4 Å². The molecular weight excluding hydrogens is 270 g/mol. The molecule has 2 nitrogen and oxygen atoms in total. The van der Waals surface area contributed by atoms with Crippen molar-refractivity contribution in [3.05, 3.63) is 63.7 Å². The highest BCUT2D eigenvalue weighted by Gasteiger charge is 2.07. The average molecular weight is 288 g/mol. The topological polar surface area (TPSA) is 29.1 Å². The summed E-state index contributed by atoms with van der Waals surface area (Å²) in [5, 5.41) is 3.54. The third-order valence-corrected chi connectivity index (χ3v) is 3.71. The number of amides is 1. The number of hydrogen-bond acceptors (Lipinski definition) is 1. The molecule has 0 aliphatic heterocycles. The third kappa shape index (κ3) is 3.61. The van der Waals surface area contributed by atoms with E-state index in [1.165, 1.54) is 5.56 Å². The summed E-state index contributed by atoms with van der Waals surface area (Å²) in [5.41, 5.74) is 5.12. The zero-order valence-corrected chi connectivity index (χ0v) is 12.7. The van der Waals surface area contributed by atoms with Crippen molar-refractivity contribution in [3.63, 3.8) is 0 Å². The fourth-order valence-electron chi connectivity index (χ4n) is 2.09. The minimum atomic E-state index is -0.0307. The van der Waals surface area contributed by atoms with E-state index in [1.807, 2.05) is 45.0 Å². The van der Waals surface area contributed by atoms with Gasteiger partial charge in [-0.25, -0.2) is 0 Å². The molecule has 0 radical (unpaired) electrons. The van der Waals surface area contributed by atoms with Gasteiger partial charge in [-0.1, -0.05) is 41.4 Å². The van der Waals surface area contributed by atoms with E-state index in [-0.39, 0.29) is 5.91 Å². The van der Waals surface area contributed by atoms with Crippen LogP contribution in [0.15, 0.2) is 36.4 Å². The van der Waals surface area contributed by atoms with Crippen LogP contribution in [0.4, 0.5) is 5.69 Å². The Bertz CT molecular complexity index is 649. The number of benzene rings is 2. The Morgan fingerprint density at radius 1 is 1.05 bits per heavy atom. The summed E-state index contributed by atoms with van der Waals surface area (Å²) in [6.45, 7) is 6.01. The number of anilines is 1. The quantitative estimate of drug-likeness (QED) is 0.888. The second kappa shape index (κ2) is 6.10. The molecule has 2 aromatic rings. The summed E-state index contributed by atoms with van der Waals surface area (Å²) < 4.78 is 0. The largest absolute Gasteiger partial charge is 0.326 e. The fraction of sp³-hybridized carbons (Fsp3) is 0.235. The number of rotatable bonds is 3. The maximum Gasteiger partial charge on any atom is 0.228 e. The maximum absolute atomic E-state index is 12.1. The first kappa shape index (κ1) is 14.6. The van der Waals surface area contributed by atoms with Gasteiger partial charge in [0.1, 0.15) is 0 Å². The number of aryl methyl sites for hydroxylation is 3. The Labute approximate surface area is 124 Å². The maximum atomic E-state index is 12.1. The minimum absolute atomic E-state index is 0.0307. The van der Waals surface area contributed by atoms with Gasteiger partial charge >= 0.3 is 0 Å². The number of carbonyl (C=O) groups is 1. The predicted octanol–water partition coefficient (Wildman–Crippen LogP) is 4.45. The third-order valence-electron chi connectivity index (χ3n) is 3.30. The highest BCUT2D eigenvalue weighted by Crippen LogP contribution is 2.20. The van der Waals surface area contributed by atoms with Crippen LogP contribution in [0.2, 0.25) is 5.02 Å². The van der Waals surface area contributed by atoms with Gasteiger partial charge in [-0.05, 0) is 49.6 Å². The lowest BCUT2D eigenvalue weighted by Gasteiger charge is -2.09. The van der Waals surface area contributed by atoms with Crippen molar-refractivity contribution in [2.24, 2.45) is 0 Å². The van der Waals surface area contributed by atoms with E-state index >= 15 is 0 Å². The van der Waals surface area contributed by atoms with E-state index in [9.17, 15) is 4.79 Å². The second-order valence-corrected chi connectivity index (χ2v) is 5.53. The molecule has 1 amide bonds. The first-order valence-electron chi connectivity index (χ1n) is 6.58. The molecule has 0 aliphatic carbocycles. The van der Waals surface area contributed by atoms with Crippen LogP contribution in [0.1, 0.15) is 22.3 Å². The Kier molecular flexibility index (Phi) is 4.46. The summed E-state index contributed by atoms with van der Waals surface area (Å²) >= 11 is 6.05. The summed E-state index contributed by atoms with van der Waals surface area (Å²) in [6.07, 6.45) is 0.373. The van der Waals surface area contributed by atoms with Crippen LogP contribution in [0.25, 0.3) is 0 Å². The molecule has 3 heteroatoms. The molecule has 104 valence electrons. The van der Waals surface area contributed by atoms with Crippen molar-refractivity contribution in [1.82, 2.24) is 0 Å². The van der Waals surface area contributed by atoms with Gasteiger partial charge in [-0.3, -0.25) is 4.79 Å². The van der Waals surface area contributed by atoms with Crippen molar-refractivity contribution in [1.29, 1.82) is 0 Å². The highest BCUT2D eigenvalue weighted by molar-refractivity contribution is 6.31. The van der Waals surface area contributed by atoms with Crippen LogP contribution < -0.4 is 5.32 Å². The van der Waals surface area contributed by atoms with Crippen molar-refractivity contribution in [2.75, 3.05) is 5.32 Å². The van der Waals surface area contributed by atoms with Crippen LogP contribution in [-0.2, 0) is 11.2 Å². The average Bonchev–Trinajstić information content (AvgIpc) is 2.37. The Morgan fingerprint density at radius 2 is 1.80 bits per heavy atom.